The number of rotatable bonds is 6. The monoisotopic (exact) mass is 281 g/mol. The second kappa shape index (κ2) is 6.62. The fourth-order valence-corrected chi connectivity index (χ4v) is 2.84. The average molecular weight is 282 g/mol. The van der Waals surface area contributed by atoms with Gasteiger partial charge in [0.05, 0.1) is 6.61 Å². The minimum atomic E-state index is 0.537. The SMILES string of the molecule is CCC(CNC(C)C)Cc1cc(Cl)cc2c1OCC2. The first-order valence-electron chi connectivity index (χ1n) is 7.27. The minimum Gasteiger partial charge on any atom is -0.493 e. The molecule has 106 valence electrons. The van der Waals surface area contributed by atoms with Crippen LogP contribution >= 0.6 is 11.6 Å². The Morgan fingerprint density at radius 2 is 2.16 bits per heavy atom. The van der Waals surface area contributed by atoms with Crippen molar-refractivity contribution in [1.82, 2.24) is 5.32 Å². The predicted molar refractivity (Wildman–Crippen MR) is 81.3 cm³/mol. The Labute approximate surface area is 121 Å². The maximum atomic E-state index is 6.21. The normalized spacial score (nSPS) is 15.4. The Kier molecular flexibility index (Phi) is 5.12. The fourth-order valence-electron chi connectivity index (χ4n) is 2.57. The molecule has 0 bridgehead atoms. The molecule has 1 aromatic carbocycles. The van der Waals surface area contributed by atoms with E-state index in [1.807, 2.05) is 6.07 Å². The van der Waals surface area contributed by atoms with Gasteiger partial charge in [0.15, 0.2) is 0 Å². The number of halogens is 1. The molecule has 3 heteroatoms. The van der Waals surface area contributed by atoms with Crippen molar-refractivity contribution in [1.29, 1.82) is 0 Å². The summed E-state index contributed by atoms with van der Waals surface area (Å²) in [4.78, 5) is 0. The van der Waals surface area contributed by atoms with Gasteiger partial charge >= 0.3 is 0 Å². The Morgan fingerprint density at radius 3 is 2.84 bits per heavy atom. The van der Waals surface area contributed by atoms with Crippen LogP contribution in [0.2, 0.25) is 5.02 Å². The number of ether oxygens (including phenoxy) is 1. The summed E-state index contributed by atoms with van der Waals surface area (Å²) >= 11 is 6.21. The van der Waals surface area contributed by atoms with Crippen LogP contribution in [0.3, 0.4) is 0 Å². The Morgan fingerprint density at radius 1 is 1.37 bits per heavy atom. The third kappa shape index (κ3) is 3.87. The topological polar surface area (TPSA) is 21.3 Å². The van der Waals surface area contributed by atoms with Crippen LogP contribution in [0.1, 0.15) is 38.3 Å². The van der Waals surface area contributed by atoms with Crippen molar-refractivity contribution in [3.8, 4) is 5.75 Å². The van der Waals surface area contributed by atoms with E-state index in [0.717, 1.165) is 36.8 Å². The van der Waals surface area contributed by atoms with E-state index in [9.17, 15) is 0 Å². The lowest BCUT2D eigenvalue weighted by Gasteiger charge is -2.19. The highest BCUT2D eigenvalue weighted by atomic mass is 35.5. The first-order valence-corrected chi connectivity index (χ1v) is 7.65. The number of fused-ring (bicyclic) bond motifs is 1. The van der Waals surface area contributed by atoms with E-state index in [0.29, 0.717) is 12.0 Å². The zero-order valence-corrected chi connectivity index (χ0v) is 12.9. The Bertz CT molecular complexity index is 431. The molecule has 2 rings (SSSR count). The van der Waals surface area contributed by atoms with Crippen LogP contribution in [0, 0.1) is 5.92 Å². The van der Waals surface area contributed by atoms with Gasteiger partial charge in [0.2, 0.25) is 0 Å². The van der Waals surface area contributed by atoms with E-state index < -0.39 is 0 Å². The van der Waals surface area contributed by atoms with Gasteiger partial charge in [-0.3, -0.25) is 0 Å². The zero-order chi connectivity index (χ0) is 13.8. The van der Waals surface area contributed by atoms with Crippen molar-refractivity contribution in [2.45, 2.75) is 46.1 Å². The molecule has 0 amide bonds. The first-order chi connectivity index (χ1) is 9.10. The van der Waals surface area contributed by atoms with Gasteiger partial charge in [0.1, 0.15) is 5.75 Å². The van der Waals surface area contributed by atoms with Crippen LogP contribution < -0.4 is 10.1 Å². The van der Waals surface area contributed by atoms with E-state index in [1.54, 1.807) is 0 Å². The molecule has 1 aromatic rings. The summed E-state index contributed by atoms with van der Waals surface area (Å²) in [6.45, 7) is 8.47. The summed E-state index contributed by atoms with van der Waals surface area (Å²) in [7, 11) is 0. The lowest BCUT2D eigenvalue weighted by molar-refractivity contribution is 0.349. The van der Waals surface area contributed by atoms with E-state index in [1.165, 1.54) is 17.5 Å². The summed E-state index contributed by atoms with van der Waals surface area (Å²) in [5.74, 6) is 1.72. The molecule has 0 saturated heterocycles. The highest BCUT2D eigenvalue weighted by Gasteiger charge is 2.19. The van der Waals surface area contributed by atoms with E-state index in [4.69, 9.17) is 16.3 Å². The van der Waals surface area contributed by atoms with Crippen LogP contribution in [0.4, 0.5) is 0 Å². The summed E-state index contributed by atoms with van der Waals surface area (Å²) in [5.41, 5.74) is 2.55. The molecule has 2 nitrogen and oxygen atoms in total. The van der Waals surface area contributed by atoms with Gasteiger partial charge in [0.25, 0.3) is 0 Å². The lowest BCUT2D eigenvalue weighted by Crippen LogP contribution is -2.29. The Balaban J connectivity index is 2.09. The molecule has 1 unspecified atom stereocenters. The molecule has 0 aliphatic carbocycles. The maximum absolute atomic E-state index is 6.21. The smallest absolute Gasteiger partial charge is 0.125 e. The quantitative estimate of drug-likeness (QED) is 0.855. The van der Waals surface area contributed by atoms with Crippen molar-refractivity contribution in [2.24, 2.45) is 5.92 Å². The summed E-state index contributed by atoms with van der Waals surface area (Å²) in [6.07, 6.45) is 3.20. The predicted octanol–water partition coefficient (Wildman–Crippen LogP) is 3.84. The number of hydrogen-bond donors (Lipinski definition) is 1. The highest BCUT2D eigenvalue weighted by Crippen LogP contribution is 2.34. The molecule has 0 fully saturated rings. The molecule has 1 N–H and O–H groups in total. The van der Waals surface area contributed by atoms with Crippen molar-refractivity contribution < 1.29 is 4.74 Å². The Hall–Kier alpha value is -0.730. The largest absolute Gasteiger partial charge is 0.493 e. The number of benzene rings is 1. The first kappa shape index (κ1) is 14.7. The van der Waals surface area contributed by atoms with Crippen molar-refractivity contribution in [3.05, 3.63) is 28.3 Å². The fraction of sp³-hybridized carbons (Fsp3) is 0.625. The van der Waals surface area contributed by atoms with Crippen molar-refractivity contribution >= 4 is 11.6 Å². The molecule has 0 aromatic heterocycles. The molecular weight excluding hydrogens is 258 g/mol. The van der Waals surface area contributed by atoms with Gasteiger partial charge in [-0.1, -0.05) is 38.8 Å². The highest BCUT2D eigenvalue weighted by molar-refractivity contribution is 6.30. The van der Waals surface area contributed by atoms with Gasteiger partial charge in [-0.05, 0) is 42.1 Å². The van der Waals surface area contributed by atoms with E-state index >= 15 is 0 Å². The van der Waals surface area contributed by atoms with Gasteiger partial charge in [0, 0.05) is 17.5 Å². The van der Waals surface area contributed by atoms with E-state index in [2.05, 4.69) is 32.2 Å². The van der Waals surface area contributed by atoms with Gasteiger partial charge in [-0.15, -0.1) is 0 Å². The molecule has 19 heavy (non-hydrogen) atoms. The molecule has 0 radical (unpaired) electrons. The molecule has 1 heterocycles. The standard InChI is InChI=1S/C16H24ClNO/c1-4-12(10-18-11(2)3)7-14-9-15(17)8-13-5-6-19-16(13)14/h8-9,11-12,18H,4-7,10H2,1-3H3. The zero-order valence-electron chi connectivity index (χ0n) is 12.1. The minimum absolute atomic E-state index is 0.537. The second-order valence-corrected chi connectivity index (χ2v) is 6.13. The third-order valence-electron chi connectivity index (χ3n) is 3.73. The van der Waals surface area contributed by atoms with Crippen LogP contribution in [-0.2, 0) is 12.8 Å². The number of hydrogen-bond acceptors (Lipinski definition) is 2. The lowest BCUT2D eigenvalue weighted by atomic mass is 9.94. The number of nitrogens with one attached hydrogen (secondary N) is 1. The summed E-state index contributed by atoms with van der Waals surface area (Å²) in [5, 5.41) is 4.36. The molecule has 0 saturated carbocycles. The van der Waals surface area contributed by atoms with Crippen LogP contribution in [0.5, 0.6) is 5.75 Å². The van der Waals surface area contributed by atoms with Gasteiger partial charge in [-0.25, -0.2) is 0 Å². The van der Waals surface area contributed by atoms with Gasteiger partial charge < -0.3 is 10.1 Å². The average Bonchev–Trinajstić information content (AvgIpc) is 2.81. The van der Waals surface area contributed by atoms with Crippen molar-refractivity contribution in [2.75, 3.05) is 13.2 Å². The molecule has 1 aliphatic heterocycles. The summed E-state index contributed by atoms with van der Waals surface area (Å²) < 4.78 is 5.78. The summed E-state index contributed by atoms with van der Waals surface area (Å²) in [6, 6.07) is 4.65. The third-order valence-corrected chi connectivity index (χ3v) is 3.94. The van der Waals surface area contributed by atoms with E-state index in [-0.39, 0.29) is 0 Å². The van der Waals surface area contributed by atoms with Crippen LogP contribution in [0.25, 0.3) is 0 Å². The van der Waals surface area contributed by atoms with Gasteiger partial charge in [-0.2, -0.15) is 0 Å². The van der Waals surface area contributed by atoms with Crippen LogP contribution in [0.15, 0.2) is 12.1 Å². The van der Waals surface area contributed by atoms with Crippen molar-refractivity contribution in [3.63, 3.8) is 0 Å². The molecule has 1 aliphatic rings. The van der Waals surface area contributed by atoms with Crippen LogP contribution in [-0.4, -0.2) is 19.2 Å². The second-order valence-electron chi connectivity index (χ2n) is 5.69. The maximum Gasteiger partial charge on any atom is 0.125 e. The molecule has 1 atom stereocenters. The molecule has 0 spiro atoms. The molecular formula is C16H24ClNO.